The SMILES string of the molecule is CNc1cc(C(=O)N2CC(O)C(O)C2)cc(C)n1. The number of hydrogen-bond donors (Lipinski definition) is 3. The molecular formula is C12H17N3O3. The number of pyridine rings is 1. The van der Waals surface area contributed by atoms with E-state index in [1.165, 1.54) is 4.90 Å². The number of hydrogen-bond acceptors (Lipinski definition) is 5. The predicted molar refractivity (Wildman–Crippen MR) is 66.4 cm³/mol. The van der Waals surface area contributed by atoms with Crippen molar-refractivity contribution in [1.82, 2.24) is 9.88 Å². The molecule has 1 aliphatic rings. The van der Waals surface area contributed by atoms with Crippen molar-refractivity contribution in [1.29, 1.82) is 0 Å². The van der Waals surface area contributed by atoms with Crippen LogP contribution < -0.4 is 5.32 Å². The zero-order valence-corrected chi connectivity index (χ0v) is 10.4. The van der Waals surface area contributed by atoms with Crippen LogP contribution in [0.4, 0.5) is 5.82 Å². The minimum absolute atomic E-state index is 0.163. The first-order valence-electron chi connectivity index (χ1n) is 5.83. The van der Waals surface area contributed by atoms with Crippen molar-refractivity contribution in [3.8, 4) is 0 Å². The molecule has 0 aliphatic carbocycles. The van der Waals surface area contributed by atoms with Gasteiger partial charge in [0.25, 0.3) is 5.91 Å². The van der Waals surface area contributed by atoms with E-state index in [2.05, 4.69) is 10.3 Å². The minimum Gasteiger partial charge on any atom is -0.388 e. The molecule has 1 aromatic rings. The first kappa shape index (κ1) is 12.8. The van der Waals surface area contributed by atoms with Gasteiger partial charge in [-0.1, -0.05) is 0 Å². The van der Waals surface area contributed by atoms with E-state index in [9.17, 15) is 15.0 Å². The van der Waals surface area contributed by atoms with E-state index in [1.807, 2.05) is 6.92 Å². The summed E-state index contributed by atoms with van der Waals surface area (Å²) in [4.78, 5) is 17.9. The molecule has 98 valence electrons. The van der Waals surface area contributed by atoms with Gasteiger partial charge in [-0.15, -0.1) is 0 Å². The summed E-state index contributed by atoms with van der Waals surface area (Å²) in [6.45, 7) is 2.14. The Balaban J connectivity index is 2.21. The van der Waals surface area contributed by atoms with Gasteiger partial charge in [-0.2, -0.15) is 0 Å². The first-order valence-corrected chi connectivity index (χ1v) is 5.83. The number of rotatable bonds is 2. The summed E-state index contributed by atoms with van der Waals surface area (Å²) < 4.78 is 0. The van der Waals surface area contributed by atoms with Crippen LogP contribution in [0.15, 0.2) is 12.1 Å². The molecule has 3 N–H and O–H groups in total. The number of aliphatic hydroxyl groups excluding tert-OH is 2. The lowest BCUT2D eigenvalue weighted by Crippen LogP contribution is -2.30. The molecule has 1 fully saturated rings. The van der Waals surface area contributed by atoms with E-state index in [0.717, 1.165) is 5.69 Å². The lowest BCUT2D eigenvalue weighted by atomic mass is 10.2. The normalized spacial score (nSPS) is 23.2. The molecule has 2 unspecified atom stereocenters. The molecule has 0 bridgehead atoms. The molecule has 0 spiro atoms. The van der Waals surface area contributed by atoms with Crippen LogP contribution in [0.1, 0.15) is 16.1 Å². The molecule has 0 radical (unpaired) electrons. The van der Waals surface area contributed by atoms with Crippen LogP contribution in [0.5, 0.6) is 0 Å². The van der Waals surface area contributed by atoms with Gasteiger partial charge in [0.1, 0.15) is 5.82 Å². The average Bonchev–Trinajstić information content (AvgIpc) is 2.68. The summed E-state index contributed by atoms with van der Waals surface area (Å²) in [5, 5.41) is 21.8. The highest BCUT2D eigenvalue weighted by Crippen LogP contribution is 2.16. The standard InChI is InChI=1S/C12H17N3O3/c1-7-3-8(4-11(13-2)14-7)12(18)15-5-9(16)10(17)6-15/h3-4,9-10,16-17H,5-6H2,1-2H3,(H,13,14). The third-order valence-electron chi connectivity index (χ3n) is 3.00. The summed E-state index contributed by atoms with van der Waals surface area (Å²) in [6.07, 6.45) is -1.72. The first-order chi connectivity index (χ1) is 8.51. The third-order valence-corrected chi connectivity index (χ3v) is 3.00. The molecule has 1 aliphatic heterocycles. The summed E-state index contributed by atoms with van der Waals surface area (Å²) in [6, 6.07) is 3.35. The highest BCUT2D eigenvalue weighted by molar-refractivity contribution is 5.95. The van der Waals surface area contributed by atoms with E-state index < -0.39 is 12.2 Å². The van der Waals surface area contributed by atoms with Gasteiger partial charge < -0.3 is 20.4 Å². The topological polar surface area (TPSA) is 85.7 Å². The molecule has 6 nitrogen and oxygen atoms in total. The summed E-state index contributed by atoms with van der Waals surface area (Å²) in [7, 11) is 1.74. The number of anilines is 1. The van der Waals surface area contributed by atoms with E-state index in [1.54, 1.807) is 19.2 Å². The van der Waals surface area contributed by atoms with Gasteiger partial charge in [0.2, 0.25) is 0 Å². The molecule has 2 atom stereocenters. The zero-order chi connectivity index (χ0) is 13.3. The molecule has 2 rings (SSSR count). The van der Waals surface area contributed by atoms with Crippen molar-refractivity contribution in [2.24, 2.45) is 0 Å². The lowest BCUT2D eigenvalue weighted by molar-refractivity contribution is 0.0572. The fourth-order valence-corrected chi connectivity index (χ4v) is 2.04. The molecule has 6 heteroatoms. The fourth-order valence-electron chi connectivity index (χ4n) is 2.04. The smallest absolute Gasteiger partial charge is 0.254 e. The maximum absolute atomic E-state index is 12.2. The van der Waals surface area contributed by atoms with Gasteiger partial charge in [-0.05, 0) is 19.1 Å². The van der Waals surface area contributed by atoms with Gasteiger partial charge in [-0.3, -0.25) is 4.79 Å². The van der Waals surface area contributed by atoms with Crippen molar-refractivity contribution in [3.63, 3.8) is 0 Å². The van der Waals surface area contributed by atoms with Gasteiger partial charge in [0.05, 0.1) is 12.2 Å². The van der Waals surface area contributed by atoms with Crippen molar-refractivity contribution < 1.29 is 15.0 Å². The maximum Gasteiger partial charge on any atom is 0.254 e. The molecular weight excluding hydrogens is 234 g/mol. The number of amides is 1. The number of aromatic nitrogens is 1. The average molecular weight is 251 g/mol. The van der Waals surface area contributed by atoms with E-state index in [-0.39, 0.29) is 19.0 Å². The van der Waals surface area contributed by atoms with E-state index >= 15 is 0 Å². The summed E-state index contributed by atoms with van der Waals surface area (Å²) in [5.41, 5.74) is 1.25. The Hall–Kier alpha value is -1.66. The molecule has 0 saturated carbocycles. The molecule has 2 heterocycles. The van der Waals surface area contributed by atoms with Gasteiger partial charge in [0, 0.05) is 31.4 Å². The Morgan fingerprint density at radius 3 is 2.56 bits per heavy atom. The number of aryl methyl sites for hydroxylation is 1. The van der Waals surface area contributed by atoms with Crippen molar-refractivity contribution in [2.45, 2.75) is 19.1 Å². The van der Waals surface area contributed by atoms with Gasteiger partial charge in [-0.25, -0.2) is 4.98 Å². The Bertz CT molecular complexity index is 454. The van der Waals surface area contributed by atoms with Crippen LogP contribution in [0.3, 0.4) is 0 Å². The van der Waals surface area contributed by atoms with Crippen molar-refractivity contribution >= 4 is 11.7 Å². The molecule has 1 saturated heterocycles. The van der Waals surface area contributed by atoms with Gasteiger partial charge in [0.15, 0.2) is 0 Å². The molecule has 0 aromatic carbocycles. The Morgan fingerprint density at radius 2 is 2.00 bits per heavy atom. The maximum atomic E-state index is 12.2. The number of nitrogens with zero attached hydrogens (tertiary/aromatic N) is 2. The van der Waals surface area contributed by atoms with Crippen molar-refractivity contribution in [3.05, 3.63) is 23.4 Å². The van der Waals surface area contributed by atoms with E-state index in [4.69, 9.17) is 0 Å². The monoisotopic (exact) mass is 251 g/mol. The Kier molecular flexibility index (Phi) is 3.49. The predicted octanol–water partition coefficient (Wildman–Crippen LogP) is -0.391. The Labute approximate surface area is 105 Å². The molecule has 18 heavy (non-hydrogen) atoms. The number of carbonyl (C=O) groups is 1. The van der Waals surface area contributed by atoms with Crippen molar-refractivity contribution in [2.75, 3.05) is 25.5 Å². The van der Waals surface area contributed by atoms with Crippen LogP contribution in [0.25, 0.3) is 0 Å². The highest BCUT2D eigenvalue weighted by Gasteiger charge is 2.33. The van der Waals surface area contributed by atoms with Gasteiger partial charge >= 0.3 is 0 Å². The largest absolute Gasteiger partial charge is 0.388 e. The van der Waals surface area contributed by atoms with Crippen LogP contribution in [0, 0.1) is 6.92 Å². The lowest BCUT2D eigenvalue weighted by Gasteiger charge is -2.16. The highest BCUT2D eigenvalue weighted by atomic mass is 16.3. The second-order valence-corrected chi connectivity index (χ2v) is 4.48. The third kappa shape index (κ3) is 2.44. The van der Waals surface area contributed by atoms with E-state index in [0.29, 0.717) is 11.4 Å². The second-order valence-electron chi connectivity index (χ2n) is 4.48. The number of aliphatic hydroxyl groups is 2. The fraction of sp³-hybridized carbons (Fsp3) is 0.500. The number of nitrogens with one attached hydrogen (secondary N) is 1. The minimum atomic E-state index is -0.861. The number of likely N-dealkylation sites (tertiary alicyclic amines) is 1. The number of carbonyl (C=O) groups excluding carboxylic acids is 1. The van der Waals surface area contributed by atoms with Crippen LogP contribution in [-0.4, -0.2) is 58.3 Å². The summed E-state index contributed by atoms with van der Waals surface area (Å²) >= 11 is 0. The number of β-amino-alcohol motifs (C(OH)–C–C–N with tert-alkyl or cyclic N) is 2. The quantitative estimate of drug-likeness (QED) is 0.666. The van der Waals surface area contributed by atoms with Crippen LogP contribution in [-0.2, 0) is 0 Å². The molecule has 1 amide bonds. The molecule has 1 aromatic heterocycles. The van der Waals surface area contributed by atoms with Crippen LogP contribution >= 0.6 is 0 Å². The second kappa shape index (κ2) is 4.91. The zero-order valence-electron chi connectivity index (χ0n) is 10.4. The Morgan fingerprint density at radius 1 is 1.39 bits per heavy atom. The summed E-state index contributed by atoms with van der Waals surface area (Å²) in [5.74, 6) is 0.422. The van der Waals surface area contributed by atoms with Crippen LogP contribution in [0.2, 0.25) is 0 Å².